The number of rotatable bonds is 6. The van der Waals surface area contributed by atoms with Crippen LogP contribution in [-0.4, -0.2) is 48.6 Å². The van der Waals surface area contributed by atoms with E-state index in [0.717, 1.165) is 29.7 Å². The van der Waals surface area contributed by atoms with Crippen molar-refractivity contribution in [3.8, 4) is 11.5 Å². The lowest BCUT2D eigenvalue weighted by atomic mass is 9.98. The minimum atomic E-state index is 0. The number of hydrogen-bond acceptors (Lipinski definition) is 4. The van der Waals surface area contributed by atoms with Gasteiger partial charge in [-0.25, -0.2) is 4.98 Å². The van der Waals surface area contributed by atoms with Crippen LogP contribution in [0.3, 0.4) is 0 Å². The summed E-state index contributed by atoms with van der Waals surface area (Å²) in [7, 11) is 1.79. The number of aromatic nitrogens is 1. The molecule has 2 N–H and O–H groups in total. The maximum atomic E-state index is 5.62. The van der Waals surface area contributed by atoms with E-state index in [9.17, 15) is 0 Å². The molecule has 2 heterocycles. The lowest BCUT2D eigenvalue weighted by molar-refractivity contribution is 0.147. The van der Waals surface area contributed by atoms with E-state index in [1.807, 2.05) is 12.1 Å². The van der Waals surface area contributed by atoms with Crippen LogP contribution in [0.15, 0.2) is 39.9 Å². The average Bonchev–Trinajstić information content (AvgIpc) is 3.18. The van der Waals surface area contributed by atoms with E-state index in [-0.39, 0.29) is 24.0 Å². The Hall–Kier alpha value is -1.61. The van der Waals surface area contributed by atoms with Crippen molar-refractivity contribution >= 4 is 29.9 Å². The Kier molecular flexibility index (Phi) is 9.42. The van der Waals surface area contributed by atoms with Gasteiger partial charge < -0.3 is 15.1 Å². The number of nitrogens with one attached hydrogen (secondary N) is 2. The maximum absolute atomic E-state index is 5.62. The van der Waals surface area contributed by atoms with Crippen molar-refractivity contribution in [2.24, 2.45) is 10.9 Å². The predicted octanol–water partition coefficient (Wildman–Crippen LogP) is 4.05. The van der Waals surface area contributed by atoms with Crippen LogP contribution in [-0.2, 0) is 6.54 Å². The van der Waals surface area contributed by atoms with Crippen molar-refractivity contribution in [2.45, 2.75) is 46.2 Å². The van der Waals surface area contributed by atoms with Crippen LogP contribution in [0.25, 0.3) is 11.5 Å². The predicted molar refractivity (Wildman–Crippen MR) is 130 cm³/mol. The molecule has 7 heteroatoms. The lowest BCUT2D eigenvalue weighted by Gasteiger charge is -2.35. The quantitative estimate of drug-likeness (QED) is 0.348. The Morgan fingerprint density at radius 1 is 1.24 bits per heavy atom. The van der Waals surface area contributed by atoms with Gasteiger partial charge in [-0.05, 0) is 57.8 Å². The first-order valence-corrected chi connectivity index (χ1v) is 10.2. The smallest absolute Gasteiger partial charge is 0.226 e. The molecule has 6 nitrogen and oxygen atoms in total. The van der Waals surface area contributed by atoms with Gasteiger partial charge in [-0.3, -0.25) is 9.89 Å². The van der Waals surface area contributed by atoms with Gasteiger partial charge in [0.05, 0.1) is 12.2 Å². The van der Waals surface area contributed by atoms with E-state index in [1.165, 1.54) is 31.5 Å². The molecule has 1 aromatic carbocycles. The Balaban J connectivity index is 0.00000300. The molecule has 3 rings (SSSR count). The van der Waals surface area contributed by atoms with Crippen LogP contribution in [0.1, 0.15) is 37.9 Å². The van der Waals surface area contributed by atoms with E-state index in [2.05, 4.69) is 58.4 Å². The van der Waals surface area contributed by atoms with Crippen LogP contribution in [0.2, 0.25) is 0 Å². The van der Waals surface area contributed by atoms with Crippen molar-refractivity contribution < 1.29 is 4.42 Å². The highest BCUT2D eigenvalue weighted by atomic mass is 127. The fourth-order valence-electron chi connectivity index (χ4n) is 3.45. The molecule has 1 aliphatic rings. The Morgan fingerprint density at radius 2 is 1.93 bits per heavy atom. The van der Waals surface area contributed by atoms with Crippen molar-refractivity contribution in [1.82, 2.24) is 20.5 Å². The highest BCUT2D eigenvalue weighted by Gasteiger charge is 2.20. The normalized spacial score (nSPS) is 16.9. The van der Waals surface area contributed by atoms with E-state index in [0.29, 0.717) is 18.5 Å². The minimum Gasteiger partial charge on any atom is -0.444 e. The third kappa shape index (κ3) is 6.99. The van der Waals surface area contributed by atoms with Crippen LogP contribution in [0.5, 0.6) is 0 Å². The number of piperidine rings is 1. The number of halogens is 1. The summed E-state index contributed by atoms with van der Waals surface area (Å²) in [5.74, 6) is 2.29. The molecule has 1 saturated heterocycles. The van der Waals surface area contributed by atoms with E-state index < -0.39 is 0 Å². The van der Waals surface area contributed by atoms with Crippen LogP contribution in [0, 0.1) is 12.8 Å². The van der Waals surface area contributed by atoms with Crippen molar-refractivity contribution in [2.75, 3.05) is 26.7 Å². The van der Waals surface area contributed by atoms with Gasteiger partial charge in [-0.2, -0.15) is 0 Å². The molecule has 1 aliphatic heterocycles. The Bertz CT molecular complexity index is 766. The van der Waals surface area contributed by atoms with Gasteiger partial charge in [0.2, 0.25) is 5.89 Å². The number of oxazole rings is 1. The molecular weight excluding hydrogens is 477 g/mol. The molecule has 0 aliphatic carbocycles. The molecule has 0 bridgehead atoms. The molecule has 0 radical (unpaired) electrons. The second-order valence-electron chi connectivity index (χ2n) is 7.88. The van der Waals surface area contributed by atoms with Crippen LogP contribution in [0.4, 0.5) is 0 Å². The fraction of sp³-hybridized carbons (Fsp3) is 0.545. The summed E-state index contributed by atoms with van der Waals surface area (Å²) in [6.07, 6.45) is 4.30. The molecule has 1 fully saturated rings. The van der Waals surface area contributed by atoms with E-state index in [1.54, 1.807) is 13.3 Å². The average molecular weight is 511 g/mol. The zero-order valence-electron chi connectivity index (χ0n) is 17.9. The first-order chi connectivity index (χ1) is 13.5. The Morgan fingerprint density at radius 3 is 2.59 bits per heavy atom. The van der Waals surface area contributed by atoms with Crippen molar-refractivity contribution in [3.63, 3.8) is 0 Å². The van der Waals surface area contributed by atoms with Gasteiger partial charge in [0.15, 0.2) is 5.96 Å². The summed E-state index contributed by atoms with van der Waals surface area (Å²) in [5, 5.41) is 6.75. The third-order valence-corrected chi connectivity index (χ3v) is 5.52. The molecular formula is C22H34IN5O. The molecule has 1 unspecified atom stereocenters. The van der Waals surface area contributed by atoms with Gasteiger partial charge >= 0.3 is 0 Å². The topological polar surface area (TPSA) is 65.7 Å². The summed E-state index contributed by atoms with van der Waals surface area (Å²) in [6, 6.07) is 8.68. The first kappa shape index (κ1) is 23.7. The van der Waals surface area contributed by atoms with Gasteiger partial charge in [-0.15, -0.1) is 24.0 Å². The van der Waals surface area contributed by atoms with Gasteiger partial charge in [0.1, 0.15) is 6.26 Å². The number of benzene rings is 1. The van der Waals surface area contributed by atoms with E-state index in [4.69, 9.17) is 4.42 Å². The number of guanidine groups is 1. The standard InChI is InChI=1S/C22H33N5O.HI/c1-16-5-7-19(8-6-16)21-26-20(15-28-21)14-25-22(23-4)24-13-18(3)27-11-9-17(2)10-12-27;/h5-8,15,17-18H,9-14H2,1-4H3,(H2,23,24,25);1H. The fourth-order valence-corrected chi connectivity index (χ4v) is 3.45. The summed E-state index contributed by atoms with van der Waals surface area (Å²) < 4.78 is 5.62. The zero-order valence-corrected chi connectivity index (χ0v) is 20.3. The number of aryl methyl sites for hydroxylation is 1. The molecule has 160 valence electrons. The van der Waals surface area contributed by atoms with Crippen LogP contribution < -0.4 is 10.6 Å². The van der Waals surface area contributed by atoms with E-state index >= 15 is 0 Å². The second kappa shape index (κ2) is 11.5. The summed E-state index contributed by atoms with van der Waals surface area (Å²) >= 11 is 0. The SMILES string of the molecule is CN=C(NCc1coc(-c2ccc(C)cc2)n1)NCC(C)N1CCC(C)CC1.I. The first-order valence-electron chi connectivity index (χ1n) is 10.2. The highest BCUT2D eigenvalue weighted by molar-refractivity contribution is 14.0. The van der Waals surface area contributed by atoms with Gasteiger partial charge in [-0.1, -0.05) is 24.6 Å². The maximum Gasteiger partial charge on any atom is 0.226 e. The molecule has 0 amide bonds. The molecule has 1 aromatic heterocycles. The third-order valence-electron chi connectivity index (χ3n) is 5.52. The monoisotopic (exact) mass is 511 g/mol. The number of aliphatic imine (C=N–C) groups is 1. The minimum absolute atomic E-state index is 0. The zero-order chi connectivity index (χ0) is 19.9. The summed E-state index contributed by atoms with van der Waals surface area (Å²) in [5.41, 5.74) is 3.07. The molecule has 0 spiro atoms. The largest absolute Gasteiger partial charge is 0.444 e. The summed E-state index contributed by atoms with van der Waals surface area (Å²) in [6.45, 7) is 10.5. The van der Waals surface area contributed by atoms with Crippen molar-refractivity contribution in [1.29, 1.82) is 0 Å². The number of likely N-dealkylation sites (tertiary alicyclic amines) is 1. The Labute approximate surface area is 191 Å². The lowest BCUT2D eigenvalue weighted by Crippen LogP contribution is -2.48. The van der Waals surface area contributed by atoms with Gasteiger partial charge in [0.25, 0.3) is 0 Å². The molecule has 2 aromatic rings. The second-order valence-corrected chi connectivity index (χ2v) is 7.88. The van der Waals surface area contributed by atoms with Gasteiger partial charge in [0, 0.05) is 25.2 Å². The highest BCUT2D eigenvalue weighted by Crippen LogP contribution is 2.19. The summed E-state index contributed by atoms with van der Waals surface area (Å²) in [4.78, 5) is 11.5. The number of hydrogen-bond donors (Lipinski definition) is 2. The molecule has 1 atom stereocenters. The number of nitrogens with zero attached hydrogens (tertiary/aromatic N) is 3. The van der Waals surface area contributed by atoms with Crippen LogP contribution >= 0.6 is 24.0 Å². The molecule has 29 heavy (non-hydrogen) atoms. The molecule has 0 saturated carbocycles. The van der Waals surface area contributed by atoms with Crippen molar-refractivity contribution in [3.05, 3.63) is 41.8 Å².